The number of anilines is 1. The molecule has 0 saturated carbocycles. The van der Waals surface area contributed by atoms with E-state index in [2.05, 4.69) is 22.1 Å². The molecule has 0 unspecified atom stereocenters. The third kappa shape index (κ3) is 4.46. The number of ether oxygens (including phenoxy) is 1. The van der Waals surface area contributed by atoms with Crippen molar-refractivity contribution in [2.24, 2.45) is 0 Å². The van der Waals surface area contributed by atoms with Crippen LogP contribution in [0.25, 0.3) is 0 Å². The molecule has 6 heteroatoms. The highest BCUT2D eigenvalue weighted by Gasteiger charge is 2.20. The van der Waals surface area contributed by atoms with Crippen molar-refractivity contribution in [3.8, 4) is 0 Å². The predicted molar refractivity (Wildman–Crippen MR) is 113 cm³/mol. The lowest BCUT2D eigenvalue weighted by molar-refractivity contribution is 0.122. The highest BCUT2D eigenvalue weighted by molar-refractivity contribution is 7.98. The molecule has 0 atom stereocenters. The summed E-state index contributed by atoms with van der Waals surface area (Å²) in [5, 5.41) is 4.47. The van der Waals surface area contributed by atoms with Crippen LogP contribution in [0.2, 0.25) is 0 Å². The molecule has 0 bridgehead atoms. The second kappa shape index (κ2) is 9.08. The first-order valence-electron chi connectivity index (χ1n) is 9.45. The van der Waals surface area contributed by atoms with E-state index in [-0.39, 0.29) is 5.56 Å². The van der Waals surface area contributed by atoms with Gasteiger partial charge in [-0.1, -0.05) is 60.7 Å². The number of hydrogen-bond acceptors (Lipinski definition) is 5. The minimum Gasteiger partial charge on any atom is -0.378 e. The van der Waals surface area contributed by atoms with Crippen LogP contribution in [0.5, 0.6) is 0 Å². The Balaban J connectivity index is 1.65. The van der Waals surface area contributed by atoms with Crippen molar-refractivity contribution < 1.29 is 4.74 Å². The second-order valence-electron chi connectivity index (χ2n) is 6.68. The molecule has 2 aromatic carbocycles. The number of aromatic nitrogens is 2. The van der Waals surface area contributed by atoms with Gasteiger partial charge in [-0.05, 0) is 11.1 Å². The number of nitrogens with zero attached hydrogens (tertiary/aromatic N) is 3. The normalized spacial score (nSPS) is 14.2. The fourth-order valence-electron chi connectivity index (χ4n) is 3.23. The Hall–Kier alpha value is -2.57. The molecule has 1 fully saturated rings. The largest absolute Gasteiger partial charge is 0.378 e. The van der Waals surface area contributed by atoms with E-state index in [1.807, 2.05) is 54.7 Å². The molecule has 3 aromatic rings. The van der Waals surface area contributed by atoms with Crippen LogP contribution >= 0.6 is 11.8 Å². The summed E-state index contributed by atoms with van der Waals surface area (Å²) in [4.78, 5) is 16.2. The van der Waals surface area contributed by atoms with Gasteiger partial charge in [-0.25, -0.2) is 4.68 Å². The molecule has 1 aliphatic rings. The van der Waals surface area contributed by atoms with Crippen LogP contribution in [0.3, 0.4) is 0 Å². The summed E-state index contributed by atoms with van der Waals surface area (Å²) in [5.41, 5.74) is 3.15. The van der Waals surface area contributed by atoms with E-state index in [9.17, 15) is 4.79 Å². The van der Waals surface area contributed by atoms with Crippen LogP contribution < -0.4 is 10.5 Å². The van der Waals surface area contributed by atoms with Crippen molar-refractivity contribution in [2.45, 2.75) is 17.2 Å². The van der Waals surface area contributed by atoms with Crippen molar-refractivity contribution >= 4 is 17.4 Å². The van der Waals surface area contributed by atoms with E-state index in [1.165, 1.54) is 5.56 Å². The van der Waals surface area contributed by atoms with Crippen molar-refractivity contribution in [2.75, 3.05) is 31.2 Å². The smallest absolute Gasteiger partial charge is 0.282 e. The highest BCUT2D eigenvalue weighted by atomic mass is 32.2. The van der Waals surface area contributed by atoms with Gasteiger partial charge in [0.2, 0.25) is 0 Å². The Morgan fingerprint density at radius 2 is 1.57 bits per heavy atom. The summed E-state index contributed by atoms with van der Waals surface area (Å²) in [5.74, 6) is 0.753. The zero-order valence-corrected chi connectivity index (χ0v) is 16.5. The fraction of sp³-hybridized carbons (Fsp3) is 0.273. The van der Waals surface area contributed by atoms with E-state index in [4.69, 9.17) is 4.74 Å². The van der Waals surface area contributed by atoms with Crippen molar-refractivity contribution in [3.05, 3.63) is 88.3 Å². The number of rotatable bonds is 6. The summed E-state index contributed by atoms with van der Waals surface area (Å²) in [6.07, 6.45) is 1.84. The number of morpholine rings is 1. The molecule has 28 heavy (non-hydrogen) atoms. The quantitative estimate of drug-likeness (QED) is 0.601. The maximum absolute atomic E-state index is 13.3. The summed E-state index contributed by atoms with van der Waals surface area (Å²) < 4.78 is 7.03. The van der Waals surface area contributed by atoms with Gasteiger partial charge in [-0.15, -0.1) is 11.8 Å². The Morgan fingerprint density at radius 3 is 2.25 bits per heavy atom. The van der Waals surface area contributed by atoms with E-state index in [1.54, 1.807) is 16.4 Å². The SMILES string of the molecule is O=c1c(SCc2ccccc2)c(N2CCOCC2)cnn1Cc1ccccc1. The summed E-state index contributed by atoms with van der Waals surface area (Å²) in [6.45, 7) is 3.39. The van der Waals surface area contributed by atoms with Crippen molar-refractivity contribution in [1.82, 2.24) is 9.78 Å². The Labute approximate surface area is 169 Å². The van der Waals surface area contributed by atoms with E-state index < -0.39 is 0 Å². The molecular formula is C22H23N3O2S. The van der Waals surface area contributed by atoms with Crippen LogP contribution in [-0.4, -0.2) is 36.1 Å². The molecular weight excluding hydrogens is 370 g/mol. The lowest BCUT2D eigenvalue weighted by atomic mass is 10.2. The zero-order chi connectivity index (χ0) is 19.2. The molecule has 0 aliphatic carbocycles. The van der Waals surface area contributed by atoms with E-state index in [0.717, 1.165) is 35.0 Å². The molecule has 1 aromatic heterocycles. The molecule has 0 N–H and O–H groups in total. The van der Waals surface area contributed by atoms with E-state index in [0.29, 0.717) is 19.8 Å². The summed E-state index contributed by atoms with van der Waals surface area (Å²) >= 11 is 1.59. The van der Waals surface area contributed by atoms with Gasteiger partial charge in [0, 0.05) is 18.8 Å². The first-order chi connectivity index (χ1) is 13.8. The van der Waals surface area contributed by atoms with Crippen LogP contribution in [0, 0.1) is 0 Å². The van der Waals surface area contributed by atoms with Gasteiger partial charge in [0.25, 0.3) is 5.56 Å². The van der Waals surface area contributed by atoms with Crippen molar-refractivity contribution in [3.63, 3.8) is 0 Å². The molecule has 4 rings (SSSR count). The standard InChI is InChI=1S/C22H23N3O2S/c26-22-21(28-17-19-9-5-2-6-10-19)20(24-11-13-27-14-12-24)15-23-25(22)16-18-7-3-1-4-8-18/h1-10,15H,11-14,16-17H2. The Morgan fingerprint density at radius 1 is 0.929 bits per heavy atom. The average Bonchev–Trinajstić information content (AvgIpc) is 2.76. The lowest BCUT2D eigenvalue weighted by Crippen LogP contribution is -2.38. The molecule has 5 nitrogen and oxygen atoms in total. The highest BCUT2D eigenvalue weighted by Crippen LogP contribution is 2.29. The molecule has 144 valence electrons. The molecule has 1 saturated heterocycles. The van der Waals surface area contributed by atoms with Crippen LogP contribution in [0.15, 0.2) is 76.6 Å². The van der Waals surface area contributed by atoms with Crippen LogP contribution in [0.1, 0.15) is 11.1 Å². The van der Waals surface area contributed by atoms with Gasteiger partial charge >= 0.3 is 0 Å². The predicted octanol–water partition coefficient (Wildman–Crippen LogP) is 3.42. The molecule has 0 spiro atoms. The minimum atomic E-state index is -0.0335. The lowest BCUT2D eigenvalue weighted by Gasteiger charge is -2.30. The van der Waals surface area contributed by atoms with Gasteiger partial charge < -0.3 is 9.64 Å². The first kappa shape index (κ1) is 18.8. The number of thioether (sulfide) groups is 1. The molecule has 0 radical (unpaired) electrons. The van der Waals surface area contributed by atoms with Gasteiger partial charge in [0.1, 0.15) is 0 Å². The topological polar surface area (TPSA) is 47.4 Å². The fourth-order valence-corrected chi connectivity index (χ4v) is 4.29. The maximum Gasteiger partial charge on any atom is 0.282 e. The number of hydrogen-bond donors (Lipinski definition) is 0. The average molecular weight is 394 g/mol. The Bertz CT molecular complexity index is 955. The van der Waals surface area contributed by atoms with Gasteiger partial charge in [0.15, 0.2) is 0 Å². The van der Waals surface area contributed by atoms with E-state index >= 15 is 0 Å². The van der Waals surface area contributed by atoms with Gasteiger partial charge in [-0.2, -0.15) is 5.10 Å². The maximum atomic E-state index is 13.3. The third-order valence-corrected chi connectivity index (χ3v) is 5.88. The van der Waals surface area contributed by atoms with Gasteiger partial charge in [0.05, 0.1) is 36.5 Å². The zero-order valence-electron chi connectivity index (χ0n) is 15.7. The van der Waals surface area contributed by atoms with Crippen LogP contribution in [0.4, 0.5) is 5.69 Å². The Kier molecular flexibility index (Phi) is 6.09. The summed E-state index contributed by atoms with van der Waals surface area (Å²) in [7, 11) is 0. The number of benzene rings is 2. The third-order valence-electron chi connectivity index (χ3n) is 4.73. The van der Waals surface area contributed by atoms with Gasteiger partial charge in [-0.3, -0.25) is 4.79 Å². The molecule has 0 amide bonds. The molecule has 2 heterocycles. The monoisotopic (exact) mass is 393 g/mol. The second-order valence-corrected chi connectivity index (χ2v) is 7.67. The summed E-state index contributed by atoms with van der Waals surface area (Å²) in [6, 6.07) is 20.2. The first-order valence-corrected chi connectivity index (χ1v) is 10.4. The minimum absolute atomic E-state index is 0.0335. The molecule has 1 aliphatic heterocycles. The van der Waals surface area contributed by atoms with Crippen molar-refractivity contribution in [1.29, 1.82) is 0 Å². The van der Waals surface area contributed by atoms with Crippen LogP contribution in [-0.2, 0) is 17.0 Å².